The number of methoxy groups -OCH3 is 1. The first-order valence-electron chi connectivity index (χ1n) is 13.1. The van der Waals surface area contributed by atoms with E-state index in [1.165, 1.54) is 47.1 Å². The Kier molecular flexibility index (Phi) is 6.74. The molecule has 2 heterocycles. The van der Waals surface area contributed by atoms with Crippen LogP contribution in [0.3, 0.4) is 0 Å². The quantitative estimate of drug-likeness (QED) is 0.381. The third-order valence-electron chi connectivity index (χ3n) is 8.18. The van der Waals surface area contributed by atoms with E-state index in [0.717, 1.165) is 55.3 Å². The largest absolute Gasteiger partial charge is 0.496 e. The molecule has 0 N–H and O–H groups in total. The average molecular weight is 455 g/mol. The lowest BCUT2D eigenvalue weighted by Crippen LogP contribution is -2.41. The van der Waals surface area contributed by atoms with Crippen molar-refractivity contribution in [2.75, 3.05) is 13.7 Å². The van der Waals surface area contributed by atoms with Gasteiger partial charge in [0, 0.05) is 42.0 Å². The van der Waals surface area contributed by atoms with Crippen LogP contribution in [0.5, 0.6) is 5.75 Å². The van der Waals surface area contributed by atoms with Crippen LogP contribution in [0.15, 0.2) is 48.7 Å². The third kappa shape index (κ3) is 4.05. The molecule has 0 bridgehead atoms. The molecule has 0 radical (unpaired) electrons. The summed E-state index contributed by atoms with van der Waals surface area (Å²) in [5, 5.41) is 0. The van der Waals surface area contributed by atoms with Gasteiger partial charge >= 0.3 is 0 Å². The standard InChI is InChI=1S/C31H38N2O/c1-5-22-12-9-13-23(6-2)28(22)29-21(3)31(34-4)26(19-32-29)20-33-18-17-24-11-7-8-16-27(24)30(33)25-14-10-15-25/h7-9,11-13,16,19,25,30H,5-6,10,14-15,17-18,20H2,1-4H3. The summed E-state index contributed by atoms with van der Waals surface area (Å²) >= 11 is 0. The Morgan fingerprint density at radius 1 is 0.971 bits per heavy atom. The van der Waals surface area contributed by atoms with Crippen LogP contribution in [-0.4, -0.2) is 23.5 Å². The smallest absolute Gasteiger partial charge is 0.129 e. The zero-order valence-corrected chi connectivity index (χ0v) is 21.2. The van der Waals surface area contributed by atoms with Crippen molar-refractivity contribution in [1.29, 1.82) is 0 Å². The monoisotopic (exact) mass is 454 g/mol. The Balaban J connectivity index is 1.52. The molecule has 2 aliphatic rings. The molecule has 1 fully saturated rings. The molecule has 0 amide bonds. The predicted octanol–water partition coefficient (Wildman–Crippen LogP) is 7.09. The Hall–Kier alpha value is -2.65. The normalized spacial score (nSPS) is 18.4. The number of pyridine rings is 1. The molecule has 3 heteroatoms. The summed E-state index contributed by atoms with van der Waals surface area (Å²) in [4.78, 5) is 7.78. The highest BCUT2D eigenvalue weighted by Crippen LogP contribution is 2.45. The summed E-state index contributed by atoms with van der Waals surface area (Å²) in [6.45, 7) is 8.64. The van der Waals surface area contributed by atoms with Gasteiger partial charge < -0.3 is 4.74 Å². The van der Waals surface area contributed by atoms with Crippen LogP contribution in [0.2, 0.25) is 0 Å². The Morgan fingerprint density at radius 3 is 2.35 bits per heavy atom. The van der Waals surface area contributed by atoms with Crippen molar-refractivity contribution in [3.05, 3.63) is 82.0 Å². The van der Waals surface area contributed by atoms with E-state index in [-0.39, 0.29) is 0 Å². The second kappa shape index (κ2) is 9.92. The number of rotatable bonds is 7. The van der Waals surface area contributed by atoms with Crippen LogP contribution in [0.25, 0.3) is 11.3 Å². The number of aryl methyl sites for hydroxylation is 2. The molecule has 0 saturated heterocycles. The predicted molar refractivity (Wildman–Crippen MR) is 140 cm³/mol. The topological polar surface area (TPSA) is 25.4 Å². The minimum atomic E-state index is 0.510. The van der Waals surface area contributed by atoms with Gasteiger partial charge in [-0.05, 0) is 67.2 Å². The Morgan fingerprint density at radius 2 is 1.71 bits per heavy atom. The minimum Gasteiger partial charge on any atom is -0.496 e. The first kappa shape index (κ1) is 23.1. The molecule has 1 unspecified atom stereocenters. The van der Waals surface area contributed by atoms with Gasteiger partial charge in [0.05, 0.1) is 12.8 Å². The highest BCUT2D eigenvalue weighted by molar-refractivity contribution is 5.73. The van der Waals surface area contributed by atoms with Crippen LogP contribution in [-0.2, 0) is 25.8 Å². The van der Waals surface area contributed by atoms with Gasteiger partial charge in [-0.1, -0.05) is 62.7 Å². The Bertz CT molecular complexity index is 1140. The molecule has 0 spiro atoms. The van der Waals surface area contributed by atoms with Crippen LogP contribution in [0.4, 0.5) is 0 Å². The zero-order valence-electron chi connectivity index (χ0n) is 21.2. The number of fused-ring (bicyclic) bond motifs is 1. The number of hydrogen-bond acceptors (Lipinski definition) is 3. The summed E-state index contributed by atoms with van der Waals surface area (Å²) in [6.07, 6.45) is 9.27. The van der Waals surface area contributed by atoms with Gasteiger partial charge in [0.1, 0.15) is 5.75 Å². The van der Waals surface area contributed by atoms with Crippen LogP contribution >= 0.6 is 0 Å². The summed E-state index contributed by atoms with van der Waals surface area (Å²) in [5.41, 5.74) is 10.6. The van der Waals surface area contributed by atoms with Crippen molar-refractivity contribution in [2.24, 2.45) is 5.92 Å². The van der Waals surface area contributed by atoms with Crippen molar-refractivity contribution in [3.8, 4) is 17.0 Å². The summed E-state index contributed by atoms with van der Waals surface area (Å²) in [5.74, 6) is 1.77. The SMILES string of the molecule is CCc1cccc(CC)c1-c1ncc(CN2CCc3ccccc3C2C2CCC2)c(OC)c1C. The van der Waals surface area contributed by atoms with E-state index in [9.17, 15) is 0 Å². The zero-order chi connectivity index (χ0) is 23.7. The minimum absolute atomic E-state index is 0.510. The number of benzene rings is 2. The molecule has 178 valence electrons. The maximum absolute atomic E-state index is 6.07. The molecule has 2 aromatic carbocycles. The molecule has 1 atom stereocenters. The van der Waals surface area contributed by atoms with Gasteiger partial charge in [-0.25, -0.2) is 0 Å². The van der Waals surface area contributed by atoms with E-state index in [4.69, 9.17) is 9.72 Å². The highest BCUT2D eigenvalue weighted by Gasteiger charge is 2.36. The molecule has 1 aromatic heterocycles. The van der Waals surface area contributed by atoms with Crippen molar-refractivity contribution < 1.29 is 4.74 Å². The van der Waals surface area contributed by atoms with E-state index in [1.54, 1.807) is 5.56 Å². The maximum atomic E-state index is 6.07. The first-order chi connectivity index (χ1) is 16.7. The molecular weight excluding hydrogens is 416 g/mol. The lowest BCUT2D eigenvalue weighted by Gasteiger charge is -2.45. The second-order valence-electron chi connectivity index (χ2n) is 10.0. The molecule has 3 nitrogen and oxygen atoms in total. The highest BCUT2D eigenvalue weighted by atomic mass is 16.5. The lowest BCUT2D eigenvalue weighted by molar-refractivity contribution is 0.0788. The number of nitrogens with zero attached hydrogens (tertiary/aromatic N) is 2. The number of hydrogen-bond donors (Lipinski definition) is 0. The van der Waals surface area contributed by atoms with Gasteiger partial charge in [0.15, 0.2) is 0 Å². The lowest BCUT2D eigenvalue weighted by atomic mass is 9.74. The van der Waals surface area contributed by atoms with Gasteiger partial charge in [-0.2, -0.15) is 0 Å². The van der Waals surface area contributed by atoms with E-state index in [2.05, 4.69) is 74.3 Å². The van der Waals surface area contributed by atoms with Crippen LogP contribution in [0.1, 0.15) is 72.5 Å². The van der Waals surface area contributed by atoms with Gasteiger partial charge in [-0.3, -0.25) is 9.88 Å². The summed E-state index contributed by atoms with van der Waals surface area (Å²) in [7, 11) is 1.82. The number of aromatic nitrogens is 1. The fourth-order valence-electron chi connectivity index (χ4n) is 6.20. The van der Waals surface area contributed by atoms with E-state index in [1.807, 2.05) is 7.11 Å². The van der Waals surface area contributed by atoms with Gasteiger partial charge in [-0.15, -0.1) is 0 Å². The van der Waals surface area contributed by atoms with Crippen LogP contribution in [0, 0.1) is 12.8 Å². The molecule has 1 saturated carbocycles. The summed E-state index contributed by atoms with van der Waals surface area (Å²) < 4.78 is 6.07. The summed E-state index contributed by atoms with van der Waals surface area (Å²) in [6, 6.07) is 16.3. The van der Waals surface area contributed by atoms with Crippen LogP contribution < -0.4 is 4.74 Å². The van der Waals surface area contributed by atoms with E-state index < -0.39 is 0 Å². The fourth-order valence-corrected chi connectivity index (χ4v) is 6.20. The Labute approximate surface area is 205 Å². The average Bonchev–Trinajstić information content (AvgIpc) is 2.84. The van der Waals surface area contributed by atoms with Gasteiger partial charge in [0.25, 0.3) is 0 Å². The number of ether oxygens (including phenoxy) is 1. The molecule has 1 aliphatic heterocycles. The molecule has 3 aromatic rings. The first-order valence-corrected chi connectivity index (χ1v) is 13.1. The third-order valence-corrected chi connectivity index (χ3v) is 8.18. The van der Waals surface area contributed by atoms with E-state index in [0.29, 0.717) is 6.04 Å². The van der Waals surface area contributed by atoms with Gasteiger partial charge in [0.2, 0.25) is 0 Å². The van der Waals surface area contributed by atoms with Crippen molar-refractivity contribution in [2.45, 2.75) is 71.9 Å². The van der Waals surface area contributed by atoms with Crippen molar-refractivity contribution >= 4 is 0 Å². The van der Waals surface area contributed by atoms with E-state index >= 15 is 0 Å². The molecule has 1 aliphatic carbocycles. The van der Waals surface area contributed by atoms with Crippen molar-refractivity contribution in [1.82, 2.24) is 9.88 Å². The van der Waals surface area contributed by atoms with Crippen molar-refractivity contribution in [3.63, 3.8) is 0 Å². The maximum Gasteiger partial charge on any atom is 0.129 e. The molecule has 5 rings (SSSR count). The fraction of sp³-hybridized carbons (Fsp3) is 0.452. The molecule has 34 heavy (non-hydrogen) atoms. The second-order valence-corrected chi connectivity index (χ2v) is 10.0. The molecular formula is C31H38N2O.